The van der Waals surface area contributed by atoms with Gasteiger partial charge in [0, 0.05) is 6.54 Å². The SMILES string of the molecule is COc1ccccc1NCc1ccc(CC(C)C)cc1. The first-order valence-corrected chi connectivity index (χ1v) is 7.13. The molecule has 106 valence electrons. The summed E-state index contributed by atoms with van der Waals surface area (Å²) in [6, 6.07) is 16.8. The number of para-hydroxylation sites is 2. The molecule has 0 aromatic heterocycles. The number of nitrogens with one attached hydrogen (secondary N) is 1. The van der Waals surface area contributed by atoms with Crippen molar-refractivity contribution >= 4 is 5.69 Å². The molecule has 0 saturated heterocycles. The Kier molecular flexibility index (Phi) is 5.05. The molecule has 0 amide bonds. The standard InChI is InChI=1S/C18H23NO/c1-14(2)12-15-8-10-16(11-9-15)13-19-17-6-4-5-7-18(17)20-3/h4-11,14,19H,12-13H2,1-3H3. The van der Waals surface area contributed by atoms with Gasteiger partial charge in [-0.2, -0.15) is 0 Å². The predicted octanol–water partition coefficient (Wildman–Crippen LogP) is 4.51. The maximum Gasteiger partial charge on any atom is 0.141 e. The molecule has 2 aromatic carbocycles. The minimum atomic E-state index is 0.701. The van der Waals surface area contributed by atoms with Gasteiger partial charge in [-0.1, -0.05) is 50.2 Å². The molecule has 0 aliphatic carbocycles. The van der Waals surface area contributed by atoms with Gasteiger partial charge in [0.15, 0.2) is 0 Å². The molecule has 2 heteroatoms. The van der Waals surface area contributed by atoms with E-state index < -0.39 is 0 Å². The van der Waals surface area contributed by atoms with Crippen molar-refractivity contribution < 1.29 is 4.74 Å². The van der Waals surface area contributed by atoms with E-state index >= 15 is 0 Å². The van der Waals surface area contributed by atoms with Crippen molar-refractivity contribution in [1.82, 2.24) is 0 Å². The highest BCUT2D eigenvalue weighted by Gasteiger charge is 2.02. The first-order chi connectivity index (χ1) is 9.69. The minimum Gasteiger partial charge on any atom is -0.495 e. The van der Waals surface area contributed by atoms with Crippen LogP contribution in [0, 0.1) is 5.92 Å². The quantitative estimate of drug-likeness (QED) is 0.833. The van der Waals surface area contributed by atoms with Crippen LogP contribution in [0.4, 0.5) is 5.69 Å². The largest absolute Gasteiger partial charge is 0.495 e. The Hall–Kier alpha value is -1.96. The Morgan fingerprint density at radius 1 is 0.950 bits per heavy atom. The van der Waals surface area contributed by atoms with Gasteiger partial charge in [0.05, 0.1) is 12.8 Å². The Labute approximate surface area is 121 Å². The van der Waals surface area contributed by atoms with Crippen molar-refractivity contribution in [2.24, 2.45) is 5.92 Å². The number of methoxy groups -OCH3 is 1. The average molecular weight is 269 g/mol. The van der Waals surface area contributed by atoms with E-state index in [1.165, 1.54) is 11.1 Å². The molecule has 2 aromatic rings. The zero-order valence-electron chi connectivity index (χ0n) is 12.5. The van der Waals surface area contributed by atoms with Gasteiger partial charge in [-0.25, -0.2) is 0 Å². The van der Waals surface area contributed by atoms with Crippen LogP contribution in [0.2, 0.25) is 0 Å². The number of hydrogen-bond donors (Lipinski definition) is 1. The summed E-state index contributed by atoms with van der Waals surface area (Å²) in [5.41, 5.74) is 3.71. The summed E-state index contributed by atoms with van der Waals surface area (Å²) in [5.74, 6) is 1.58. The maximum absolute atomic E-state index is 5.33. The van der Waals surface area contributed by atoms with E-state index in [4.69, 9.17) is 4.74 Å². The molecule has 20 heavy (non-hydrogen) atoms. The molecule has 0 aliphatic heterocycles. The van der Waals surface area contributed by atoms with E-state index in [1.54, 1.807) is 7.11 Å². The lowest BCUT2D eigenvalue weighted by atomic mass is 10.0. The average Bonchev–Trinajstić information content (AvgIpc) is 2.46. The van der Waals surface area contributed by atoms with Gasteiger partial charge in [0.25, 0.3) is 0 Å². The highest BCUT2D eigenvalue weighted by molar-refractivity contribution is 5.56. The molecule has 2 nitrogen and oxygen atoms in total. The molecule has 1 N–H and O–H groups in total. The summed E-state index contributed by atoms with van der Waals surface area (Å²) in [7, 11) is 1.70. The zero-order chi connectivity index (χ0) is 14.4. The van der Waals surface area contributed by atoms with Gasteiger partial charge in [-0.15, -0.1) is 0 Å². The number of hydrogen-bond acceptors (Lipinski definition) is 2. The molecule has 0 atom stereocenters. The zero-order valence-corrected chi connectivity index (χ0v) is 12.5. The van der Waals surface area contributed by atoms with Crippen molar-refractivity contribution in [3.05, 3.63) is 59.7 Å². The Morgan fingerprint density at radius 2 is 1.60 bits per heavy atom. The first kappa shape index (κ1) is 14.4. The smallest absolute Gasteiger partial charge is 0.141 e. The highest BCUT2D eigenvalue weighted by Crippen LogP contribution is 2.23. The number of ether oxygens (including phenoxy) is 1. The second kappa shape index (κ2) is 6.99. The van der Waals surface area contributed by atoms with E-state index in [0.717, 1.165) is 24.4 Å². The normalized spacial score (nSPS) is 10.6. The summed E-state index contributed by atoms with van der Waals surface area (Å²) >= 11 is 0. The fraction of sp³-hybridized carbons (Fsp3) is 0.333. The van der Waals surface area contributed by atoms with Crippen LogP contribution in [0.15, 0.2) is 48.5 Å². The van der Waals surface area contributed by atoms with E-state index in [1.807, 2.05) is 24.3 Å². The molecule has 0 aliphatic rings. The minimum absolute atomic E-state index is 0.701. The van der Waals surface area contributed by atoms with Crippen LogP contribution in [0.1, 0.15) is 25.0 Å². The molecule has 0 spiro atoms. The van der Waals surface area contributed by atoms with Crippen LogP contribution in [0.3, 0.4) is 0 Å². The van der Waals surface area contributed by atoms with Crippen molar-refractivity contribution in [2.75, 3.05) is 12.4 Å². The molecule has 0 bridgehead atoms. The summed E-state index contributed by atoms with van der Waals surface area (Å²) < 4.78 is 5.33. The van der Waals surface area contributed by atoms with Crippen molar-refractivity contribution in [1.29, 1.82) is 0 Å². The number of benzene rings is 2. The Balaban J connectivity index is 1.97. The fourth-order valence-electron chi connectivity index (χ4n) is 2.25. The van der Waals surface area contributed by atoms with E-state index in [2.05, 4.69) is 43.4 Å². The van der Waals surface area contributed by atoms with Gasteiger partial charge in [0.1, 0.15) is 5.75 Å². The maximum atomic E-state index is 5.33. The van der Waals surface area contributed by atoms with Crippen LogP contribution in [0.25, 0.3) is 0 Å². The molecule has 2 rings (SSSR count). The van der Waals surface area contributed by atoms with Crippen LogP contribution < -0.4 is 10.1 Å². The summed E-state index contributed by atoms with van der Waals surface area (Å²) in [5, 5.41) is 3.42. The highest BCUT2D eigenvalue weighted by atomic mass is 16.5. The van der Waals surface area contributed by atoms with Crippen molar-refractivity contribution in [2.45, 2.75) is 26.8 Å². The van der Waals surface area contributed by atoms with Gasteiger partial charge in [-0.05, 0) is 35.6 Å². The second-order valence-electron chi connectivity index (χ2n) is 5.47. The summed E-state index contributed by atoms with van der Waals surface area (Å²) in [4.78, 5) is 0. The molecular weight excluding hydrogens is 246 g/mol. The third kappa shape index (κ3) is 4.02. The first-order valence-electron chi connectivity index (χ1n) is 7.13. The monoisotopic (exact) mass is 269 g/mol. The molecule has 0 fully saturated rings. The van der Waals surface area contributed by atoms with Gasteiger partial charge in [-0.3, -0.25) is 0 Å². The van der Waals surface area contributed by atoms with Crippen molar-refractivity contribution in [3.63, 3.8) is 0 Å². The lowest BCUT2D eigenvalue weighted by Gasteiger charge is -2.11. The van der Waals surface area contributed by atoms with E-state index in [9.17, 15) is 0 Å². The molecule has 0 saturated carbocycles. The second-order valence-corrected chi connectivity index (χ2v) is 5.47. The van der Waals surface area contributed by atoms with Crippen LogP contribution >= 0.6 is 0 Å². The van der Waals surface area contributed by atoms with Gasteiger partial charge in [0.2, 0.25) is 0 Å². The third-order valence-electron chi connectivity index (χ3n) is 3.26. The van der Waals surface area contributed by atoms with Crippen molar-refractivity contribution in [3.8, 4) is 5.75 Å². The van der Waals surface area contributed by atoms with Crippen LogP contribution in [-0.2, 0) is 13.0 Å². The van der Waals surface area contributed by atoms with Gasteiger partial charge < -0.3 is 10.1 Å². The lowest BCUT2D eigenvalue weighted by Crippen LogP contribution is -2.01. The summed E-state index contributed by atoms with van der Waals surface area (Å²) in [6.45, 7) is 5.30. The number of rotatable bonds is 6. The Bertz CT molecular complexity index is 531. The molecular formula is C18H23NO. The summed E-state index contributed by atoms with van der Waals surface area (Å²) in [6.07, 6.45) is 1.14. The van der Waals surface area contributed by atoms with Gasteiger partial charge >= 0.3 is 0 Å². The van der Waals surface area contributed by atoms with Crippen LogP contribution in [-0.4, -0.2) is 7.11 Å². The molecule has 0 unspecified atom stereocenters. The topological polar surface area (TPSA) is 21.3 Å². The third-order valence-corrected chi connectivity index (χ3v) is 3.26. The predicted molar refractivity (Wildman–Crippen MR) is 85.3 cm³/mol. The fourth-order valence-corrected chi connectivity index (χ4v) is 2.25. The van der Waals surface area contributed by atoms with E-state index in [-0.39, 0.29) is 0 Å². The van der Waals surface area contributed by atoms with E-state index in [0.29, 0.717) is 5.92 Å². The lowest BCUT2D eigenvalue weighted by molar-refractivity contribution is 0.416. The number of anilines is 1. The molecule has 0 radical (unpaired) electrons. The molecule has 0 heterocycles. The Morgan fingerprint density at radius 3 is 2.25 bits per heavy atom. The van der Waals surface area contributed by atoms with Crippen LogP contribution in [0.5, 0.6) is 5.75 Å².